The molecule has 2 aromatic carbocycles. The van der Waals surface area contributed by atoms with Gasteiger partial charge >= 0.3 is 0 Å². The summed E-state index contributed by atoms with van der Waals surface area (Å²) in [6.07, 6.45) is 1.04. The van der Waals surface area contributed by atoms with Crippen LogP contribution in [0.5, 0.6) is 0 Å². The Kier molecular flexibility index (Phi) is 4.81. The fraction of sp³-hybridized carbons (Fsp3) is 0.304. The van der Waals surface area contributed by atoms with Crippen molar-refractivity contribution in [1.82, 2.24) is 14.8 Å². The summed E-state index contributed by atoms with van der Waals surface area (Å²) in [5.74, 6) is 0.993. The normalized spacial score (nSPS) is 19.0. The summed E-state index contributed by atoms with van der Waals surface area (Å²) in [4.78, 5) is 14.8. The van der Waals surface area contributed by atoms with Gasteiger partial charge in [0.15, 0.2) is 5.84 Å². The van der Waals surface area contributed by atoms with Gasteiger partial charge in [-0.2, -0.15) is 0 Å². The number of aromatic nitrogens is 1. The van der Waals surface area contributed by atoms with Gasteiger partial charge in [0.05, 0.1) is 16.4 Å². The summed E-state index contributed by atoms with van der Waals surface area (Å²) < 4.78 is 0. The van der Waals surface area contributed by atoms with Crippen LogP contribution in [0.3, 0.4) is 0 Å². The number of nitrogens with zero attached hydrogens (tertiary/aromatic N) is 4. The van der Waals surface area contributed by atoms with Gasteiger partial charge in [0.1, 0.15) is 10.7 Å². The number of fused-ring (bicyclic) bond motifs is 2. The van der Waals surface area contributed by atoms with E-state index in [1.54, 1.807) is 11.3 Å². The van der Waals surface area contributed by atoms with Crippen LogP contribution in [0.25, 0.3) is 0 Å². The van der Waals surface area contributed by atoms with Gasteiger partial charge in [-0.05, 0) is 38.1 Å². The van der Waals surface area contributed by atoms with Crippen LogP contribution in [0.1, 0.15) is 16.3 Å². The Morgan fingerprint density at radius 1 is 1.07 bits per heavy atom. The predicted octanol–water partition coefficient (Wildman–Crippen LogP) is 4.45. The van der Waals surface area contributed by atoms with Gasteiger partial charge < -0.3 is 10.2 Å². The molecule has 1 saturated heterocycles. The standard InChI is InChI=1S/C23H25N5S/c1-16-24-21-22(25-19-10-6-7-11-20(19)26-23(21)29-16)28-13-12-27(2)18(15-28)14-17-8-4-3-5-9-17/h3-11,18,26H,12-15H2,1-2H3/t18-/m0/s1. The van der Waals surface area contributed by atoms with E-state index in [9.17, 15) is 0 Å². The Labute approximate surface area is 175 Å². The molecule has 29 heavy (non-hydrogen) atoms. The van der Waals surface area contributed by atoms with Crippen molar-refractivity contribution < 1.29 is 0 Å². The van der Waals surface area contributed by atoms with Crippen molar-refractivity contribution in [2.45, 2.75) is 19.4 Å². The quantitative estimate of drug-likeness (QED) is 0.687. The number of benzene rings is 2. The molecule has 0 spiro atoms. The number of para-hydroxylation sites is 2. The highest BCUT2D eigenvalue weighted by atomic mass is 32.1. The molecule has 0 saturated carbocycles. The number of anilines is 2. The van der Waals surface area contributed by atoms with Crippen LogP contribution in [0.15, 0.2) is 59.6 Å². The van der Waals surface area contributed by atoms with Gasteiger partial charge in [0.2, 0.25) is 0 Å². The minimum absolute atomic E-state index is 0.448. The maximum atomic E-state index is 5.09. The van der Waals surface area contributed by atoms with Crippen molar-refractivity contribution in [3.63, 3.8) is 0 Å². The molecule has 2 aliphatic rings. The van der Waals surface area contributed by atoms with Crippen LogP contribution >= 0.6 is 11.3 Å². The lowest BCUT2D eigenvalue weighted by atomic mass is 10.0. The number of piperazine rings is 1. The molecule has 148 valence electrons. The number of rotatable bonds is 2. The fourth-order valence-corrected chi connectivity index (χ4v) is 4.92. The third-order valence-corrected chi connectivity index (χ3v) is 6.60. The average Bonchev–Trinajstić information content (AvgIpc) is 3.02. The van der Waals surface area contributed by atoms with E-state index in [-0.39, 0.29) is 0 Å². The van der Waals surface area contributed by atoms with E-state index in [4.69, 9.17) is 9.98 Å². The maximum Gasteiger partial charge on any atom is 0.158 e. The summed E-state index contributed by atoms with van der Waals surface area (Å²) >= 11 is 1.70. The first-order chi connectivity index (χ1) is 14.2. The molecule has 0 radical (unpaired) electrons. The van der Waals surface area contributed by atoms with Crippen molar-refractivity contribution in [2.24, 2.45) is 4.99 Å². The summed E-state index contributed by atoms with van der Waals surface area (Å²) in [7, 11) is 2.23. The van der Waals surface area contributed by atoms with Crippen LogP contribution in [0, 0.1) is 6.92 Å². The van der Waals surface area contributed by atoms with Crippen molar-refractivity contribution in [3.8, 4) is 0 Å². The Morgan fingerprint density at radius 3 is 2.72 bits per heavy atom. The Morgan fingerprint density at radius 2 is 1.86 bits per heavy atom. The fourth-order valence-electron chi connectivity index (χ4n) is 4.10. The van der Waals surface area contributed by atoms with Crippen LogP contribution in [0.4, 0.5) is 16.4 Å². The minimum Gasteiger partial charge on any atom is -0.352 e. The Bertz CT molecular complexity index is 1040. The molecule has 1 atom stereocenters. The second kappa shape index (κ2) is 7.61. The minimum atomic E-state index is 0.448. The largest absolute Gasteiger partial charge is 0.352 e. The van der Waals surface area contributed by atoms with E-state index in [1.165, 1.54) is 5.56 Å². The van der Waals surface area contributed by atoms with Crippen molar-refractivity contribution in [3.05, 3.63) is 70.9 Å². The molecule has 3 aromatic rings. The molecule has 5 rings (SSSR count). The molecule has 6 heteroatoms. The molecule has 1 N–H and O–H groups in total. The number of amidine groups is 1. The van der Waals surface area contributed by atoms with Crippen molar-refractivity contribution in [1.29, 1.82) is 0 Å². The molecule has 1 fully saturated rings. The third-order valence-electron chi connectivity index (χ3n) is 5.72. The number of likely N-dealkylation sites (N-methyl/N-ethyl adjacent to an activating group) is 1. The van der Waals surface area contributed by atoms with Crippen molar-refractivity contribution in [2.75, 3.05) is 32.0 Å². The SMILES string of the molecule is Cc1nc2c(s1)Nc1ccccc1N=C2N1CCN(C)[C@@H](Cc2ccccc2)C1. The zero-order chi connectivity index (χ0) is 19.8. The highest BCUT2D eigenvalue weighted by Crippen LogP contribution is 2.37. The number of hydrogen-bond acceptors (Lipinski definition) is 6. The summed E-state index contributed by atoms with van der Waals surface area (Å²) in [6.45, 7) is 4.98. The first-order valence-corrected chi connectivity index (χ1v) is 10.9. The number of hydrogen-bond donors (Lipinski definition) is 1. The molecule has 0 bridgehead atoms. The van der Waals surface area contributed by atoms with Crippen LogP contribution in [-0.2, 0) is 6.42 Å². The van der Waals surface area contributed by atoms with Gasteiger partial charge in [0, 0.05) is 25.7 Å². The highest BCUT2D eigenvalue weighted by molar-refractivity contribution is 7.16. The van der Waals surface area contributed by atoms with Crippen LogP contribution in [0.2, 0.25) is 0 Å². The van der Waals surface area contributed by atoms with Crippen molar-refractivity contribution >= 4 is 33.5 Å². The predicted molar refractivity (Wildman–Crippen MR) is 121 cm³/mol. The lowest BCUT2D eigenvalue weighted by molar-refractivity contribution is 0.140. The Hall–Kier alpha value is -2.70. The zero-order valence-corrected chi connectivity index (χ0v) is 17.6. The number of thiazole rings is 1. The van der Waals surface area contributed by atoms with E-state index in [2.05, 4.69) is 71.6 Å². The third kappa shape index (κ3) is 3.66. The molecule has 3 heterocycles. The molecule has 0 amide bonds. The van der Waals surface area contributed by atoms with E-state index >= 15 is 0 Å². The van der Waals surface area contributed by atoms with E-state index in [0.717, 1.165) is 59.0 Å². The summed E-state index contributed by atoms with van der Waals surface area (Å²) in [5.41, 5.74) is 4.38. The zero-order valence-electron chi connectivity index (χ0n) is 16.8. The Balaban J connectivity index is 1.49. The van der Waals surface area contributed by atoms with Gasteiger partial charge in [0.25, 0.3) is 0 Å². The molecule has 0 unspecified atom stereocenters. The monoisotopic (exact) mass is 403 g/mol. The lowest BCUT2D eigenvalue weighted by Gasteiger charge is -2.40. The van der Waals surface area contributed by atoms with Crippen LogP contribution < -0.4 is 5.32 Å². The molecular weight excluding hydrogens is 378 g/mol. The molecule has 0 aliphatic carbocycles. The maximum absolute atomic E-state index is 5.09. The summed E-state index contributed by atoms with van der Waals surface area (Å²) in [5, 5.41) is 5.70. The molecular formula is C23H25N5S. The molecule has 5 nitrogen and oxygen atoms in total. The van der Waals surface area contributed by atoms with Gasteiger partial charge in [-0.25, -0.2) is 9.98 Å². The highest BCUT2D eigenvalue weighted by Gasteiger charge is 2.31. The smallest absolute Gasteiger partial charge is 0.158 e. The average molecular weight is 404 g/mol. The summed E-state index contributed by atoms with van der Waals surface area (Å²) in [6, 6.07) is 19.5. The topological polar surface area (TPSA) is 43.8 Å². The second-order valence-corrected chi connectivity index (χ2v) is 8.96. The molecule has 1 aromatic heterocycles. The number of nitrogens with one attached hydrogen (secondary N) is 1. The number of aryl methyl sites for hydroxylation is 1. The lowest BCUT2D eigenvalue weighted by Crippen LogP contribution is -2.54. The number of aliphatic imine (C=N–C) groups is 1. The van der Waals surface area contributed by atoms with Gasteiger partial charge in [-0.1, -0.05) is 42.5 Å². The molecule has 2 aliphatic heterocycles. The first-order valence-electron chi connectivity index (χ1n) is 10.1. The van der Waals surface area contributed by atoms with E-state index in [1.807, 2.05) is 12.1 Å². The van der Waals surface area contributed by atoms with E-state index in [0.29, 0.717) is 6.04 Å². The van der Waals surface area contributed by atoms with Crippen LogP contribution in [-0.4, -0.2) is 53.3 Å². The second-order valence-electron chi connectivity index (χ2n) is 7.76. The first kappa shape index (κ1) is 18.3. The van der Waals surface area contributed by atoms with Gasteiger partial charge in [-0.3, -0.25) is 4.90 Å². The van der Waals surface area contributed by atoms with Gasteiger partial charge in [-0.15, -0.1) is 11.3 Å². The van der Waals surface area contributed by atoms with E-state index < -0.39 is 0 Å².